The van der Waals surface area contributed by atoms with Gasteiger partial charge in [0.05, 0.1) is 6.04 Å². The predicted octanol–water partition coefficient (Wildman–Crippen LogP) is 1.63. The van der Waals surface area contributed by atoms with E-state index in [1.165, 1.54) is 5.56 Å². The smallest absolute Gasteiger partial charge is 0.239 e. The van der Waals surface area contributed by atoms with Gasteiger partial charge in [-0.05, 0) is 43.5 Å². The average Bonchev–Trinajstić information content (AvgIpc) is 2.82. The monoisotopic (exact) mass is 261 g/mol. The van der Waals surface area contributed by atoms with E-state index in [1.807, 2.05) is 33.2 Å². The highest BCUT2D eigenvalue weighted by Crippen LogP contribution is 2.24. The van der Waals surface area contributed by atoms with Crippen LogP contribution in [0.3, 0.4) is 0 Å². The number of likely N-dealkylation sites (tertiary alicyclic amines) is 1. The Morgan fingerprint density at radius 2 is 2.21 bits per heavy atom. The summed E-state index contributed by atoms with van der Waals surface area (Å²) >= 11 is 0. The highest BCUT2D eigenvalue weighted by Gasteiger charge is 2.31. The molecular formula is C15H23N3O. The van der Waals surface area contributed by atoms with Gasteiger partial charge in [-0.15, -0.1) is 0 Å². The number of anilines is 1. The van der Waals surface area contributed by atoms with Gasteiger partial charge in [0.15, 0.2) is 0 Å². The van der Waals surface area contributed by atoms with Crippen LogP contribution < -0.4 is 5.73 Å². The van der Waals surface area contributed by atoms with Crippen molar-refractivity contribution in [3.05, 3.63) is 29.3 Å². The van der Waals surface area contributed by atoms with Gasteiger partial charge in [0.2, 0.25) is 5.91 Å². The van der Waals surface area contributed by atoms with Crippen LogP contribution in [0, 0.1) is 6.92 Å². The third-order valence-electron chi connectivity index (χ3n) is 3.95. The molecule has 4 nitrogen and oxygen atoms in total. The average molecular weight is 261 g/mol. The molecule has 1 aromatic rings. The highest BCUT2D eigenvalue weighted by molar-refractivity contribution is 5.81. The van der Waals surface area contributed by atoms with Crippen LogP contribution in [0.15, 0.2) is 18.2 Å². The van der Waals surface area contributed by atoms with Crippen molar-refractivity contribution < 1.29 is 4.79 Å². The van der Waals surface area contributed by atoms with Crippen molar-refractivity contribution >= 4 is 11.6 Å². The zero-order valence-electron chi connectivity index (χ0n) is 12.0. The zero-order valence-corrected chi connectivity index (χ0v) is 12.0. The molecule has 1 fully saturated rings. The Bertz CT molecular complexity index is 470. The van der Waals surface area contributed by atoms with Crippen LogP contribution in [0.5, 0.6) is 0 Å². The maximum atomic E-state index is 12.2. The molecule has 1 amide bonds. The molecule has 0 saturated carbocycles. The Labute approximate surface area is 115 Å². The molecule has 0 bridgehead atoms. The Morgan fingerprint density at radius 3 is 2.89 bits per heavy atom. The Kier molecular flexibility index (Phi) is 4.10. The third kappa shape index (κ3) is 2.89. The van der Waals surface area contributed by atoms with Crippen LogP contribution in [0.25, 0.3) is 0 Å². The van der Waals surface area contributed by atoms with Gasteiger partial charge in [0.1, 0.15) is 0 Å². The molecule has 0 aromatic heterocycles. The van der Waals surface area contributed by atoms with E-state index in [0.717, 1.165) is 37.2 Å². The van der Waals surface area contributed by atoms with Gasteiger partial charge >= 0.3 is 0 Å². The number of nitrogens with two attached hydrogens (primary N) is 1. The summed E-state index contributed by atoms with van der Waals surface area (Å²) in [5, 5.41) is 0. The minimum Gasteiger partial charge on any atom is -0.399 e. The number of benzene rings is 1. The molecule has 0 spiro atoms. The second-order valence-corrected chi connectivity index (χ2v) is 5.49. The maximum absolute atomic E-state index is 12.2. The molecule has 4 heteroatoms. The van der Waals surface area contributed by atoms with Crippen LogP contribution in [-0.2, 0) is 11.3 Å². The molecule has 1 aliphatic heterocycles. The van der Waals surface area contributed by atoms with Crippen molar-refractivity contribution in [3.8, 4) is 0 Å². The van der Waals surface area contributed by atoms with Gasteiger partial charge in [-0.25, -0.2) is 0 Å². The van der Waals surface area contributed by atoms with E-state index >= 15 is 0 Å². The standard InChI is InChI=1S/C15H23N3O/c1-11-12(6-4-7-13(11)16)10-18-9-5-8-14(18)15(19)17(2)3/h4,6-7,14H,5,8-10,16H2,1-3H3. The molecule has 1 aromatic carbocycles. The molecule has 1 saturated heterocycles. The minimum atomic E-state index is 0.0239. The largest absolute Gasteiger partial charge is 0.399 e. The van der Waals surface area contributed by atoms with Crippen LogP contribution in [0.1, 0.15) is 24.0 Å². The quantitative estimate of drug-likeness (QED) is 0.841. The first kappa shape index (κ1) is 13.9. The number of carbonyl (C=O) groups excluding carboxylic acids is 1. The van der Waals surface area contributed by atoms with E-state index < -0.39 is 0 Å². The van der Waals surface area contributed by atoms with Gasteiger partial charge in [0.25, 0.3) is 0 Å². The molecule has 0 radical (unpaired) electrons. The number of amides is 1. The Balaban J connectivity index is 2.14. The van der Waals surface area contributed by atoms with Gasteiger partial charge in [0, 0.05) is 26.3 Å². The number of carbonyl (C=O) groups is 1. The summed E-state index contributed by atoms with van der Waals surface area (Å²) in [6.07, 6.45) is 2.05. The SMILES string of the molecule is Cc1c(N)cccc1CN1CCCC1C(=O)N(C)C. The second-order valence-electron chi connectivity index (χ2n) is 5.49. The van der Waals surface area contributed by atoms with Crippen molar-refractivity contribution in [2.45, 2.75) is 32.4 Å². The zero-order chi connectivity index (χ0) is 14.0. The number of rotatable bonds is 3. The summed E-state index contributed by atoms with van der Waals surface area (Å²) in [4.78, 5) is 16.1. The third-order valence-corrected chi connectivity index (χ3v) is 3.95. The van der Waals surface area contributed by atoms with E-state index in [9.17, 15) is 4.79 Å². The second kappa shape index (κ2) is 5.61. The molecular weight excluding hydrogens is 238 g/mol. The molecule has 104 valence electrons. The van der Waals surface area contributed by atoms with Crippen LogP contribution >= 0.6 is 0 Å². The van der Waals surface area contributed by atoms with E-state index in [1.54, 1.807) is 4.90 Å². The van der Waals surface area contributed by atoms with Crippen molar-refractivity contribution in [2.75, 3.05) is 26.4 Å². The van der Waals surface area contributed by atoms with Crippen molar-refractivity contribution in [3.63, 3.8) is 0 Å². The number of nitrogen functional groups attached to an aromatic ring is 1. The fourth-order valence-electron chi connectivity index (χ4n) is 2.69. The van der Waals surface area contributed by atoms with Crippen molar-refractivity contribution in [1.29, 1.82) is 0 Å². The first-order valence-electron chi connectivity index (χ1n) is 6.80. The lowest BCUT2D eigenvalue weighted by atomic mass is 10.1. The lowest BCUT2D eigenvalue weighted by molar-refractivity contribution is -0.133. The number of likely N-dealkylation sites (N-methyl/N-ethyl adjacent to an activating group) is 1. The summed E-state index contributed by atoms with van der Waals surface area (Å²) < 4.78 is 0. The summed E-state index contributed by atoms with van der Waals surface area (Å²) in [5.41, 5.74) is 9.12. The molecule has 0 aliphatic carbocycles. The highest BCUT2D eigenvalue weighted by atomic mass is 16.2. The predicted molar refractivity (Wildman–Crippen MR) is 77.7 cm³/mol. The lowest BCUT2D eigenvalue weighted by Crippen LogP contribution is -2.42. The minimum absolute atomic E-state index is 0.0239. The van der Waals surface area contributed by atoms with Crippen molar-refractivity contribution in [2.24, 2.45) is 0 Å². The van der Waals surface area contributed by atoms with E-state index in [0.29, 0.717) is 0 Å². The molecule has 1 heterocycles. The number of hydrogen-bond acceptors (Lipinski definition) is 3. The summed E-state index contributed by atoms with van der Waals surface area (Å²) in [5.74, 6) is 0.207. The first-order chi connectivity index (χ1) is 9.00. The first-order valence-corrected chi connectivity index (χ1v) is 6.80. The fraction of sp³-hybridized carbons (Fsp3) is 0.533. The molecule has 1 atom stereocenters. The molecule has 1 unspecified atom stereocenters. The number of hydrogen-bond donors (Lipinski definition) is 1. The maximum Gasteiger partial charge on any atom is 0.239 e. The molecule has 1 aliphatic rings. The Hall–Kier alpha value is -1.55. The van der Waals surface area contributed by atoms with Crippen LogP contribution in [0.2, 0.25) is 0 Å². The lowest BCUT2D eigenvalue weighted by Gasteiger charge is -2.26. The molecule has 19 heavy (non-hydrogen) atoms. The topological polar surface area (TPSA) is 49.6 Å². The summed E-state index contributed by atoms with van der Waals surface area (Å²) in [7, 11) is 3.65. The van der Waals surface area contributed by atoms with Gasteiger partial charge in [-0.3, -0.25) is 9.69 Å². The van der Waals surface area contributed by atoms with E-state index in [-0.39, 0.29) is 11.9 Å². The molecule has 2 rings (SSSR count). The van der Waals surface area contributed by atoms with E-state index in [4.69, 9.17) is 5.73 Å². The van der Waals surface area contributed by atoms with Crippen molar-refractivity contribution in [1.82, 2.24) is 9.80 Å². The summed E-state index contributed by atoms with van der Waals surface area (Å²) in [6.45, 7) is 3.84. The number of nitrogens with zero attached hydrogens (tertiary/aromatic N) is 2. The van der Waals surface area contributed by atoms with Gasteiger partial charge < -0.3 is 10.6 Å². The van der Waals surface area contributed by atoms with Crippen LogP contribution in [-0.4, -0.2) is 42.4 Å². The molecule has 2 N–H and O–H groups in total. The Morgan fingerprint density at radius 1 is 1.47 bits per heavy atom. The van der Waals surface area contributed by atoms with Crippen LogP contribution in [0.4, 0.5) is 5.69 Å². The fourth-order valence-corrected chi connectivity index (χ4v) is 2.69. The summed E-state index contributed by atoms with van der Waals surface area (Å²) in [6, 6.07) is 6.03. The van der Waals surface area contributed by atoms with E-state index in [2.05, 4.69) is 11.0 Å². The normalized spacial score (nSPS) is 19.6. The van der Waals surface area contributed by atoms with Gasteiger partial charge in [-0.2, -0.15) is 0 Å². The van der Waals surface area contributed by atoms with Gasteiger partial charge in [-0.1, -0.05) is 12.1 Å².